The van der Waals surface area contributed by atoms with E-state index in [4.69, 9.17) is 22.1 Å². The Morgan fingerprint density at radius 2 is 1.59 bits per heavy atom. The number of hydrogen-bond acceptors (Lipinski definition) is 5. The molecule has 0 radical (unpaired) electrons. The lowest BCUT2D eigenvalue weighted by atomic mass is 10.0. The smallest absolute Gasteiger partial charge is 0.195 e. The minimum Gasteiger partial charge on any atom is -0.457 e. The van der Waals surface area contributed by atoms with E-state index in [1.165, 1.54) is 12.1 Å². The summed E-state index contributed by atoms with van der Waals surface area (Å²) in [6.45, 7) is 0. The topological polar surface area (TPSA) is 86.5 Å². The summed E-state index contributed by atoms with van der Waals surface area (Å²) < 4.78 is 29.1. The van der Waals surface area contributed by atoms with Gasteiger partial charge in [-0.3, -0.25) is 4.79 Å². The number of hydrogen-bond donors (Lipinski definition) is 1. The number of anilines is 1. The largest absolute Gasteiger partial charge is 0.457 e. The lowest BCUT2D eigenvalue weighted by Gasteiger charge is -2.10. The predicted octanol–water partition coefficient (Wildman–Crippen LogP) is 4.35. The maximum atomic E-state index is 12.7. The first-order chi connectivity index (χ1) is 12.8. The van der Waals surface area contributed by atoms with E-state index in [2.05, 4.69) is 0 Å². The van der Waals surface area contributed by atoms with Crippen LogP contribution in [0.3, 0.4) is 0 Å². The Bertz CT molecular complexity index is 1130. The molecule has 0 atom stereocenters. The Hall–Kier alpha value is -2.83. The van der Waals surface area contributed by atoms with Crippen LogP contribution < -0.4 is 10.5 Å². The summed E-state index contributed by atoms with van der Waals surface area (Å²) in [7, 11) is -3.34. The molecule has 0 bridgehead atoms. The van der Waals surface area contributed by atoms with E-state index in [1.54, 1.807) is 54.6 Å². The van der Waals surface area contributed by atoms with Crippen LogP contribution in [0.1, 0.15) is 15.9 Å². The summed E-state index contributed by atoms with van der Waals surface area (Å²) in [5.74, 6) is 0.460. The van der Waals surface area contributed by atoms with Crippen molar-refractivity contribution in [2.24, 2.45) is 0 Å². The zero-order valence-corrected chi connectivity index (χ0v) is 15.9. The van der Waals surface area contributed by atoms with E-state index >= 15 is 0 Å². The van der Waals surface area contributed by atoms with E-state index < -0.39 is 9.84 Å². The highest BCUT2D eigenvalue weighted by Crippen LogP contribution is 2.28. The molecule has 138 valence electrons. The van der Waals surface area contributed by atoms with Crippen LogP contribution >= 0.6 is 11.6 Å². The standard InChI is InChI=1S/C20H16ClNO4S/c1-27(24,25)16-8-3-7-15(12-16)26-14-6-2-5-13(11-14)20(23)17-9-4-10-18(21)19(17)22/h2-12H,22H2,1H3. The molecule has 0 aliphatic rings. The number of ether oxygens (including phenoxy) is 1. The number of para-hydroxylation sites is 1. The molecule has 0 saturated heterocycles. The van der Waals surface area contributed by atoms with Gasteiger partial charge in [0.1, 0.15) is 11.5 Å². The lowest BCUT2D eigenvalue weighted by molar-refractivity contribution is 0.103. The van der Waals surface area contributed by atoms with Gasteiger partial charge in [0, 0.05) is 17.4 Å². The Balaban J connectivity index is 1.90. The summed E-state index contributed by atoms with van der Waals surface area (Å²) in [6, 6.07) is 17.6. The van der Waals surface area contributed by atoms with Crippen molar-refractivity contribution >= 4 is 32.9 Å². The van der Waals surface area contributed by atoms with Crippen molar-refractivity contribution in [2.75, 3.05) is 12.0 Å². The molecule has 3 aromatic carbocycles. The number of rotatable bonds is 5. The van der Waals surface area contributed by atoms with Crippen LogP contribution in [0.5, 0.6) is 11.5 Å². The van der Waals surface area contributed by atoms with Crippen molar-refractivity contribution in [1.29, 1.82) is 0 Å². The number of benzene rings is 3. The molecule has 27 heavy (non-hydrogen) atoms. The van der Waals surface area contributed by atoms with Gasteiger partial charge >= 0.3 is 0 Å². The zero-order valence-electron chi connectivity index (χ0n) is 14.3. The highest BCUT2D eigenvalue weighted by molar-refractivity contribution is 7.90. The van der Waals surface area contributed by atoms with Crippen LogP contribution in [-0.2, 0) is 9.84 Å². The summed E-state index contributed by atoms with van der Waals surface area (Å²) in [6.07, 6.45) is 1.13. The van der Waals surface area contributed by atoms with Gasteiger partial charge in [0.15, 0.2) is 15.6 Å². The number of carbonyl (C=O) groups excluding carboxylic acids is 1. The van der Waals surface area contributed by atoms with Gasteiger partial charge in [-0.05, 0) is 42.5 Å². The fourth-order valence-electron chi connectivity index (χ4n) is 2.50. The van der Waals surface area contributed by atoms with Gasteiger partial charge in [-0.25, -0.2) is 8.42 Å². The minimum atomic E-state index is -3.34. The van der Waals surface area contributed by atoms with E-state index in [-0.39, 0.29) is 16.4 Å². The number of nitrogens with two attached hydrogens (primary N) is 1. The van der Waals surface area contributed by atoms with Crippen LogP contribution in [0.2, 0.25) is 5.02 Å². The molecule has 2 N–H and O–H groups in total. The molecule has 0 aromatic heterocycles. The molecule has 7 heteroatoms. The fraction of sp³-hybridized carbons (Fsp3) is 0.0500. The number of nitrogen functional groups attached to an aromatic ring is 1. The van der Waals surface area contributed by atoms with Gasteiger partial charge in [0.2, 0.25) is 0 Å². The Morgan fingerprint density at radius 1 is 0.963 bits per heavy atom. The summed E-state index contributed by atoms with van der Waals surface area (Å²) in [5.41, 5.74) is 6.80. The quantitative estimate of drug-likeness (QED) is 0.507. The molecule has 0 unspecified atom stereocenters. The Morgan fingerprint density at radius 3 is 2.30 bits per heavy atom. The van der Waals surface area contributed by atoms with Crippen LogP contribution in [0, 0.1) is 0 Å². The van der Waals surface area contributed by atoms with Gasteiger partial charge < -0.3 is 10.5 Å². The maximum absolute atomic E-state index is 12.7. The van der Waals surface area contributed by atoms with Gasteiger partial charge in [0.05, 0.1) is 15.6 Å². The maximum Gasteiger partial charge on any atom is 0.195 e. The monoisotopic (exact) mass is 401 g/mol. The normalized spacial score (nSPS) is 11.2. The summed E-state index contributed by atoms with van der Waals surface area (Å²) in [4.78, 5) is 12.9. The average molecular weight is 402 g/mol. The Labute approximate surface area is 162 Å². The van der Waals surface area contributed by atoms with Crippen LogP contribution in [-0.4, -0.2) is 20.5 Å². The first kappa shape index (κ1) is 18.9. The van der Waals surface area contributed by atoms with Crippen LogP contribution in [0.15, 0.2) is 71.6 Å². The molecular formula is C20H16ClNO4S. The lowest BCUT2D eigenvalue weighted by Crippen LogP contribution is -2.05. The van der Waals surface area contributed by atoms with Crippen molar-refractivity contribution in [2.45, 2.75) is 4.90 Å². The summed E-state index contributed by atoms with van der Waals surface area (Å²) in [5, 5.41) is 0.311. The predicted molar refractivity (Wildman–Crippen MR) is 105 cm³/mol. The van der Waals surface area contributed by atoms with Crippen molar-refractivity contribution in [3.05, 3.63) is 82.9 Å². The summed E-state index contributed by atoms with van der Waals surface area (Å²) >= 11 is 5.98. The first-order valence-corrected chi connectivity index (χ1v) is 10.2. The number of ketones is 1. The van der Waals surface area contributed by atoms with Gasteiger partial charge in [-0.2, -0.15) is 0 Å². The Kier molecular flexibility index (Phi) is 5.21. The zero-order chi connectivity index (χ0) is 19.6. The first-order valence-electron chi connectivity index (χ1n) is 7.92. The molecule has 0 saturated carbocycles. The second kappa shape index (κ2) is 7.42. The van der Waals surface area contributed by atoms with Crippen molar-refractivity contribution in [3.63, 3.8) is 0 Å². The highest BCUT2D eigenvalue weighted by atomic mass is 35.5. The third kappa shape index (κ3) is 4.30. The third-order valence-corrected chi connectivity index (χ3v) is 5.30. The van der Waals surface area contributed by atoms with E-state index in [0.29, 0.717) is 27.6 Å². The molecule has 3 aromatic rings. The van der Waals surface area contributed by atoms with Gasteiger partial charge in [-0.1, -0.05) is 35.9 Å². The minimum absolute atomic E-state index is 0.152. The molecule has 3 rings (SSSR count). The molecule has 0 heterocycles. The van der Waals surface area contributed by atoms with Gasteiger partial charge in [0.25, 0.3) is 0 Å². The van der Waals surface area contributed by atoms with E-state index in [1.807, 2.05) is 0 Å². The number of carbonyl (C=O) groups is 1. The highest BCUT2D eigenvalue weighted by Gasteiger charge is 2.15. The van der Waals surface area contributed by atoms with Crippen molar-refractivity contribution in [1.82, 2.24) is 0 Å². The van der Waals surface area contributed by atoms with Crippen LogP contribution in [0.4, 0.5) is 5.69 Å². The third-order valence-electron chi connectivity index (χ3n) is 3.86. The molecule has 0 fully saturated rings. The van der Waals surface area contributed by atoms with Crippen LogP contribution in [0.25, 0.3) is 0 Å². The van der Waals surface area contributed by atoms with E-state index in [9.17, 15) is 13.2 Å². The number of sulfone groups is 1. The molecular weight excluding hydrogens is 386 g/mol. The SMILES string of the molecule is CS(=O)(=O)c1cccc(Oc2cccc(C(=O)c3cccc(Cl)c3N)c2)c1. The second-order valence-corrected chi connectivity index (χ2v) is 8.33. The molecule has 0 amide bonds. The molecule has 0 spiro atoms. The second-order valence-electron chi connectivity index (χ2n) is 5.91. The average Bonchev–Trinajstić information content (AvgIpc) is 2.63. The fourth-order valence-corrected chi connectivity index (χ4v) is 3.33. The molecule has 5 nitrogen and oxygen atoms in total. The van der Waals surface area contributed by atoms with E-state index in [0.717, 1.165) is 6.26 Å². The van der Waals surface area contributed by atoms with Crippen molar-refractivity contribution < 1.29 is 17.9 Å². The number of halogens is 1. The molecule has 0 aliphatic carbocycles. The van der Waals surface area contributed by atoms with Crippen molar-refractivity contribution in [3.8, 4) is 11.5 Å². The molecule has 0 aliphatic heterocycles. The van der Waals surface area contributed by atoms with Gasteiger partial charge in [-0.15, -0.1) is 0 Å².